The van der Waals surface area contributed by atoms with Gasteiger partial charge in [-0.05, 0) is 24.7 Å². The summed E-state index contributed by atoms with van der Waals surface area (Å²) in [6.07, 6.45) is -1.36. The van der Waals surface area contributed by atoms with Crippen LogP contribution in [0.3, 0.4) is 0 Å². The molecular formula is C13H22F4N2. The van der Waals surface area contributed by atoms with Crippen molar-refractivity contribution >= 4 is 0 Å². The van der Waals surface area contributed by atoms with Gasteiger partial charge in [0.2, 0.25) is 0 Å². The average molecular weight is 282 g/mol. The Bertz CT molecular complexity index is 305. The maximum atomic E-state index is 13.3. The molecule has 2 fully saturated rings. The lowest BCUT2D eigenvalue weighted by molar-refractivity contribution is -0.151. The quantitative estimate of drug-likeness (QED) is 0.780. The Balaban J connectivity index is 2.02. The first kappa shape index (κ1) is 15.0. The summed E-state index contributed by atoms with van der Waals surface area (Å²) in [6.45, 7) is 4.11. The van der Waals surface area contributed by atoms with Gasteiger partial charge in [-0.3, -0.25) is 4.90 Å². The van der Waals surface area contributed by atoms with Crippen molar-refractivity contribution in [2.45, 2.75) is 51.1 Å². The molecule has 1 saturated heterocycles. The summed E-state index contributed by atoms with van der Waals surface area (Å²) in [6, 6.07) is 0.0862. The Labute approximate surface area is 111 Å². The number of piperazine rings is 1. The van der Waals surface area contributed by atoms with E-state index in [0.29, 0.717) is 19.0 Å². The van der Waals surface area contributed by atoms with Crippen molar-refractivity contribution in [3.63, 3.8) is 0 Å². The topological polar surface area (TPSA) is 15.3 Å². The molecule has 0 aromatic carbocycles. The van der Waals surface area contributed by atoms with Crippen LogP contribution in [0.4, 0.5) is 17.6 Å². The Morgan fingerprint density at radius 3 is 2.37 bits per heavy atom. The van der Waals surface area contributed by atoms with E-state index in [1.165, 1.54) is 0 Å². The predicted octanol–water partition coefficient (Wildman–Crippen LogP) is 2.60. The zero-order valence-corrected chi connectivity index (χ0v) is 11.4. The molecule has 112 valence electrons. The third-order valence-electron chi connectivity index (χ3n) is 4.18. The van der Waals surface area contributed by atoms with E-state index in [1.54, 1.807) is 4.90 Å². The van der Waals surface area contributed by atoms with Crippen LogP contribution in [0.25, 0.3) is 0 Å². The first-order chi connectivity index (χ1) is 8.81. The van der Waals surface area contributed by atoms with Crippen molar-refractivity contribution in [3.8, 4) is 0 Å². The SMILES string of the molecule is CC(C)C1CNC(C2CC2)CN1CC(F)(F)C(F)F. The van der Waals surface area contributed by atoms with Crippen LogP contribution in [-0.2, 0) is 0 Å². The van der Waals surface area contributed by atoms with Crippen LogP contribution < -0.4 is 5.32 Å². The van der Waals surface area contributed by atoms with Crippen molar-refractivity contribution in [2.75, 3.05) is 19.6 Å². The lowest BCUT2D eigenvalue weighted by Gasteiger charge is -2.43. The molecule has 0 aromatic rings. The molecule has 1 N–H and O–H groups in total. The van der Waals surface area contributed by atoms with Crippen LogP contribution in [0.2, 0.25) is 0 Å². The molecule has 0 amide bonds. The van der Waals surface area contributed by atoms with Gasteiger partial charge in [0.25, 0.3) is 0 Å². The molecule has 2 unspecified atom stereocenters. The Morgan fingerprint density at radius 2 is 1.89 bits per heavy atom. The highest BCUT2D eigenvalue weighted by Crippen LogP contribution is 2.36. The molecule has 1 aliphatic carbocycles. The van der Waals surface area contributed by atoms with E-state index in [1.807, 2.05) is 13.8 Å². The van der Waals surface area contributed by atoms with E-state index >= 15 is 0 Å². The minimum absolute atomic E-state index is 0.0976. The lowest BCUT2D eigenvalue weighted by atomic mass is 9.96. The summed E-state index contributed by atoms with van der Waals surface area (Å²) in [5.74, 6) is -3.21. The molecule has 1 aliphatic heterocycles. The smallest absolute Gasteiger partial charge is 0.311 e. The highest BCUT2D eigenvalue weighted by molar-refractivity contribution is 4.96. The number of nitrogens with one attached hydrogen (secondary N) is 1. The van der Waals surface area contributed by atoms with Crippen LogP contribution in [0.1, 0.15) is 26.7 Å². The monoisotopic (exact) mass is 282 g/mol. The maximum absolute atomic E-state index is 13.3. The first-order valence-electron chi connectivity index (χ1n) is 6.94. The van der Waals surface area contributed by atoms with Crippen molar-refractivity contribution < 1.29 is 17.6 Å². The zero-order valence-electron chi connectivity index (χ0n) is 11.4. The van der Waals surface area contributed by atoms with Crippen LogP contribution in [0.5, 0.6) is 0 Å². The number of nitrogens with zero attached hydrogens (tertiary/aromatic N) is 1. The molecule has 2 nitrogen and oxygen atoms in total. The van der Waals surface area contributed by atoms with Gasteiger partial charge in [0.05, 0.1) is 6.54 Å². The second-order valence-corrected chi connectivity index (χ2v) is 6.15. The zero-order chi connectivity index (χ0) is 14.2. The number of rotatable bonds is 5. The predicted molar refractivity (Wildman–Crippen MR) is 65.7 cm³/mol. The number of alkyl halides is 4. The van der Waals surface area contributed by atoms with Gasteiger partial charge in [-0.25, -0.2) is 8.78 Å². The third kappa shape index (κ3) is 3.60. The van der Waals surface area contributed by atoms with E-state index in [0.717, 1.165) is 12.8 Å². The largest absolute Gasteiger partial charge is 0.319 e. The van der Waals surface area contributed by atoms with Crippen LogP contribution in [-0.4, -0.2) is 49.0 Å². The van der Waals surface area contributed by atoms with Crippen molar-refractivity contribution in [2.24, 2.45) is 11.8 Å². The van der Waals surface area contributed by atoms with Gasteiger partial charge in [-0.2, -0.15) is 8.78 Å². The van der Waals surface area contributed by atoms with Crippen molar-refractivity contribution in [3.05, 3.63) is 0 Å². The summed E-state index contributed by atoms with van der Waals surface area (Å²) in [5, 5.41) is 3.38. The second kappa shape index (κ2) is 5.56. The molecule has 6 heteroatoms. The van der Waals surface area contributed by atoms with E-state index in [-0.39, 0.29) is 18.0 Å². The number of hydrogen-bond acceptors (Lipinski definition) is 2. The Hall–Kier alpha value is -0.360. The third-order valence-corrected chi connectivity index (χ3v) is 4.18. The molecule has 2 rings (SSSR count). The minimum Gasteiger partial charge on any atom is -0.311 e. The fraction of sp³-hybridized carbons (Fsp3) is 1.00. The van der Waals surface area contributed by atoms with Gasteiger partial charge < -0.3 is 5.32 Å². The van der Waals surface area contributed by atoms with E-state index in [2.05, 4.69) is 5.32 Å². The molecule has 0 bridgehead atoms. The molecule has 0 spiro atoms. The molecule has 1 heterocycles. The van der Waals surface area contributed by atoms with E-state index in [9.17, 15) is 17.6 Å². The maximum Gasteiger partial charge on any atom is 0.319 e. The number of halogens is 4. The van der Waals surface area contributed by atoms with Crippen molar-refractivity contribution in [1.29, 1.82) is 0 Å². The highest BCUT2D eigenvalue weighted by Gasteiger charge is 2.46. The summed E-state index contributed by atoms with van der Waals surface area (Å²) in [7, 11) is 0. The molecule has 0 radical (unpaired) electrons. The summed E-state index contributed by atoms with van der Waals surface area (Å²) >= 11 is 0. The Kier molecular flexibility index (Phi) is 4.40. The molecular weight excluding hydrogens is 260 g/mol. The van der Waals surface area contributed by atoms with Crippen molar-refractivity contribution in [1.82, 2.24) is 10.2 Å². The van der Waals surface area contributed by atoms with E-state index in [4.69, 9.17) is 0 Å². The molecule has 0 aromatic heterocycles. The normalized spacial score (nSPS) is 30.3. The lowest BCUT2D eigenvalue weighted by Crippen LogP contribution is -2.61. The fourth-order valence-electron chi connectivity index (χ4n) is 2.85. The van der Waals surface area contributed by atoms with Gasteiger partial charge in [-0.15, -0.1) is 0 Å². The first-order valence-corrected chi connectivity index (χ1v) is 6.94. The van der Waals surface area contributed by atoms with Crippen LogP contribution >= 0.6 is 0 Å². The van der Waals surface area contributed by atoms with Gasteiger partial charge in [0.1, 0.15) is 0 Å². The van der Waals surface area contributed by atoms with Gasteiger partial charge in [0.15, 0.2) is 0 Å². The minimum atomic E-state index is -3.92. The second-order valence-electron chi connectivity index (χ2n) is 6.15. The molecule has 2 aliphatic rings. The van der Waals surface area contributed by atoms with Crippen LogP contribution in [0.15, 0.2) is 0 Å². The summed E-state index contributed by atoms with van der Waals surface area (Å²) in [4.78, 5) is 1.57. The average Bonchev–Trinajstić information content (AvgIpc) is 3.11. The standard InChI is InChI=1S/C13H22F4N2/c1-8(2)11-5-18-10(9-3-4-9)6-19(11)7-13(16,17)12(14)15/h8-12,18H,3-7H2,1-2H3. The highest BCUT2D eigenvalue weighted by atomic mass is 19.3. The van der Waals surface area contributed by atoms with Gasteiger partial charge in [-0.1, -0.05) is 13.8 Å². The fourth-order valence-corrected chi connectivity index (χ4v) is 2.85. The van der Waals surface area contributed by atoms with Crippen LogP contribution in [0, 0.1) is 11.8 Å². The van der Waals surface area contributed by atoms with E-state index < -0.39 is 18.9 Å². The summed E-state index contributed by atoms with van der Waals surface area (Å²) in [5.41, 5.74) is 0. The summed E-state index contributed by atoms with van der Waals surface area (Å²) < 4.78 is 51.3. The van der Waals surface area contributed by atoms with Gasteiger partial charge >= 0.3 is 12.3 Å². The number of hydrogen-bond donors (Lipinski definition) is 1. The molecule has 1 saturated carbocycles. The molecule has 19 heavy (non-hydrogen) atoms. The Morgan fingerprint density at radius 1 is 1.26 bits per heavy atom. The van der Waals surface area contributed by atoms with Gasteiger partial charge in [0, 0.05) is 25.2 Å². The molecule has 2 atom stereocenters.